The minimum Gasteiger partial charge on any atom is -0.390 e. The van der Waals surface area contributed by atoms with E-state index in [0.717, 1.165) is 25.7 Å². The van der Waals surface area contributed by atoms with Crippen molar-refractivity contribution in [3.05, 3.63) is 0 Å². The van der Waals surface area contributed by atoms with Gasteiger partial charge < -0.3 is 16.2 Å². The highest BCUT2D eigenvalue weighted by molar-refractivity contribution is 5.72. The van der Waals surface area contributed by atoms with Crippen molar-refractivity contribution in [2.45, 2.75) is 49.7 Å². The van der Waals surface area contributed by atoms with Crippen LogP contribution in [0, 0.1) is 11.8 Å². The zero-order chi connectivity index (χ0) is 10.7. The van der Waals surface area contributed by atoms with Crippen molar-refractivity contribution in [1.29, 1.82) is 0 Å². The summed E-state index contributed by atoms with van der Waals surface area (Å²) < 4.78 is 0. The first-order valence-electron chi connectivity index (χ1n) is 5.79. The Balaban J connectivity index is 1.89. The number of carbonyl (C=O) groups excluding carboxylic acids is 1. The number of nitrogens with two attached hydrogens (primary N) is 1. The SMILES string of the molecule is NC(=O)NC12CC3CC(CC(O)(C3)C1)C2. The molecular formula is C11H18N2O2. The number of aliphatic hydroxyl groups is 1. The lowest BCUT2D eigenvalue weighted by Gasteiger charge is -2.60. The minimum absolute atomic E-state index is 0.190. The Hall–Kier alpha value is -0.770. The molecule has 4 bridgehead atoms. The molecule has 2 atom stereocenters. The zero-order valence-corrected chi connectivity index (χ0v) is 8.83. The summed E-state index contributed by atoms with van der Waals surface area (Å²) in [5.41, 5.74) is 4.51. The smallest absolute Gasteiger partial charge is 0.312 e. The molecule has 4 N–H and O–H groups in total. The molecule has 4 nitrogen and oxygen atoms in total. The molecule has 0 aromatic rings. The summed E-state index contributed by atoms with van der Waals surface area (Å²) in [5, 5.41) is 13.3. The van der Waals surface area contributed by atoms with Gasteiger partial charge in [0.25, 0.3) is 0 Å². The fraction of sp³-hybridized carbons (Fsp3) is 0.909. The van der Waals surface area contributed by atoms with Gasteiger partial charge in [0.1, 0.15) is 0 Å². The summed E-state index contributed by atoms with van der Waals surface area (Å²) in [7, 11) is 0. The van der Waals surface area contributed by atoms with Crippen LogP contribution in [-0.4, -0.2) is 22.3 Å². The molecule has 15 heavy (non-hydrogen) atoms. The second-order valence-electron chi connectivity index (χ2n) is 5.95. The van der Waals surface area contributed by atoms with Crippen LogP contribution in [0.1, 0.15) is 38.5 Å². The van der Waals surface area contributed by atoms with Gasteiger partial charge in [0.2, 0.25) is 0 Å². The molecule has 0 aromatic carbocycles. The van der Waals surface area contributed by atoms with Gasteiger partial charge in [-0.2, -0.15) is 0 Å². The van der Waals surface area contributed by atoms with Gasteiger partial charge in [-0.25, -0.2) is 4.79 Å². The molecule has 0 spiro atoms. The number of carbonyl (C=O) groups is 1. The van der Waals surface area contributed by atoms with Crippen LogP contribution in [0.4, 0.5) is 4.79 Å². The number of rotatable bonds is 1. The lowest BCUT2D eigenvalue weighted by atomic mass is 9.51. The molecule has 0 aromatic heterocycles. The van der Waals surface area contributed by atoms with Crippen molar-refractivity contribution in [2.24, 2.45) is 17.6 Å². The van der Waals surface area contributed by atoms with Crippen LogP contribution in [0.3, 0.4) is 0 Å². The van der Waals surface area contributed by atoms with E-state index in [0.29, 0.717) is 18.3 Å². The Morgan fingerprint density at radius 1 is 1.27 bits per heavy atom. The van der Waals surface area contributed by atoms with Crippen molar-refractivity contribution in [2.75, 3.05) is 0 Å². The number of hydrogen-bond acceptors (Lipinski definition) is 2. The molecule has 0 radical (unpaired) electrons. The molecular weight excluding hydrogens is 192 g/mol. The van der Waals surface area contributed by atoms with Crippen LogP contribution in [0.5, 0.6) is 0 Å². The van der Waals surface area contributed by atoms with Gasteiger partial charge in [-0.05, 0) is 50.4 Å². The summed E-state index contributed by atoms with van der Waals surface area (Å²) in [5.74, 6) is 1.17. The summed E-state index contributed by atoms with van der Waals surface area (Å²) in [6, 6.07) is -0.444. The summed E-state index contributed by atoms with van der Waals surface area (Å²) in [4.78, 5) is 11.0. The second-order valence-corrected chi connectivity index (χ2v) is 5.95. The van der Waals surface area contributed by atoms with Gasteiger partial charge in [-0.15, -0.1) is 0 Å². The lowest BCUT2D eigenvalue weighted by molar-refractivity contribution is -0.138. The van der Waals surface area contributed by atoms with Gasteiger partial charge in [-0.1, -0.05) is 0 Å². The highest BCUT2D eigenvalue weighted by Gasteiger charge is 2.57. The average Bonchev–Trinajstić information content (AvgIpc) is 1.94. The second kappa shape index (κ2) is 2.67. The van der Waals surface area contributed by atoms with Crippen LogP contribution in [0.15, 0.2) is 0 Å². The van der Waals surface area contributed by atoms with Gasteiger partial charge in [0.05, 0.1) is 5.60 Å². The normalized spacial score (nSPS) is 51.8. The van der Waals surface area contributed by atoms with Gasteiger partial charge in [0.15, 0.2) is 0 Å². The van der Waals surface area contributed by atoms with E-state index in [1.54, 1.807) is 0 Å². The van der Waals surface area contributed by atoms with Crippen molar-refractivity contribution in [1.82, 2.24) is 5.32 Å². The Bertz CT molecular complexity index is 302. The predicted octanol–water partition coefficient (Wildman–Crippen LogP) is 0.738. The highest BCUT2D eigenvalue weighted by Crippen LogP contribution is 2.57. The molecule has 4 heteroatoms. The molecule has 84 valence electrons. The van der Waals surface area contributed by atoms with Crippen molar-refractivity contribution >= 4 is 6.03 Å². The van der Waals surface area contributed by atoms with E-state index in [1.165, 1.54) is 6.42 Å². The summed E-state index contributed by atoms with van der Waals surface area (Å²) in [6.07, 6.45) is 5.79. The highest BCUT2D eigenvalue weighted by atomic mass is 16.3. The Kier molecular flexibility index (Phi) is 1.68. The van der Waals surface area contributed by atoms with E-state index in [4.69, 9.17) is 5.73 Å². The quantitative estimate of drug-likeness (QED) is 0.597. The van der Waals surface area contributed by atoms with Gasteiger partial charge >= 0.3 is 6.03 Å². The first-order valence-corrected chi connectivity index (χ1v) is 5.79. The monoisotopic (exact) mass is 210 g/mol. The predicted molar refractivity (Wildman–Crippen MR) is 55.1 cm³/mol. The Labute approximate surface area is 89.2 Å². The van der Waals surface area contributed by atoms with E-state index in [2.05, 4.69) is 5.32 Å². The van der Waals surface area contributed by atoms with Crippen LogP contribution in [0.2, 0.25) is 0 Å². The van der Waals surface area contributed by atoms with Crippen LogP contribution in [0.25, 0.3) is 0 Å². The maximum absolute atomic E-state index is 11.0. The first-order chi connectivity index (χ1) is 6.99. The summed E-state index contributed by atoms with van der Waals surface area (Å²) >= 11 is 0. The molecule has 4 aliphatic carbocycles. The molecule has 4 rings (SSSR count). The maximum atomic E-state index is 11.0. The minimum atomic E-state index is -0.521. The van der Waals surface area contributed by atoms with Crippen LogP contribution >= 0.6 is 0 Å². The largest absolute Gasteiger partial charge is 0.390 e. The molecule has 2 amide bonds. The number of primary amides is 1. The van der Waals surface area contributed by atoms with Gasteiger partial charge in [0, 0.05) is 5.54 Å². The number of nitrogens with one attached hydrogen (secondary N) is 1. The number of amides is 2. The topological polar surface area (TPSA) is 75.4 Å². The maximum Gasteiger partial charge on any atom is 0.312 e. The summed E-state index contributed by atoms with van der Waals surface area (Å²) in [6.45, 7) is 0. The molecule has 0 saturated heterocycles. The van der Waals surface area contributed by atoms with Crippen LogP contribution < -0.4 is 11.1 Å². The van der Waals surface area contributed by atoms with E-state index >= 15 is 0 Å². The Morgan fingerprint density at radius 2 is 1.87 bits per heavy atom. The molecule has 4 fully saturated rings. The molecule has 4 saturated carbocycles. The third kappa shape index (κ3) is 1.42. The number of hydrogen-bond donors (Lipinski definition) is 3. The van der Waals surface area contributed by atoms with E-state index in [-0.39, 0.29) is 5.54 Å². The fourth-order valence-corrected chi connectivity index (χ4v) is 4.62. The standard InChI is InChI=1S/C11H18N2O2/c12-9(14)13-10-2-7-1-8(3-10)5-11(15,4-7)6-10/h7-8,15H,1-6H2,(H3,12,13,14). The fourth-order valence-electron chi connectivity index (χ4n) is 4.62. The number of urea groups is 1. The van der Waals surface area contributed by atoms with E-state index in [1.807, 2.05) is 0 Å². The molecule has 0 heterocycles. The van der Waals surface area contributed by atoms with Gasteiger partial charge in [-0.3, -0.25) is 0 Å². The van der Waals surface area contributed by atoms with E-state index in [9.17, 15) is 9.90 Å². The zero-order valence-electron chi connectivity index (χ0n) is 8.83. The first kappa shape index (κ1) is 9.46. The van der Waals surface area contributed by atoms with E-state index < -0.39 is 11.6 Å². The molecule has 2 unspecified atom stereocenters. The average molecular weight is 210 g/mol. The van der Waals surface area contributed by atoms with Crippen molar-refractivity contribution in [3.63, 3.8) is 0 Å². The molecule has 4 aliphatic rings. The lowest BCUT2D eigenvalue weighted by Crippen LogP contribution is -2.66. The molecule has 0 aliphatic heterocycles. The third-order valence-corrected chi connectivity index (χ3v) is 4.42. The van der Waals surface area contributed by atoms with Crippen LogP contribution in [-0.2, 0) is 0 Å². The van der Waals surface area contributed by atoms with Crippen molar-refractivity contribution in [3.8, 4) is 0 Å². The third-order valence-electron chi connectivity index (χ3n) is 4.42. The van der Waals surface area contributed by atoms with Crippen molar-refractivity contribution < 1.29 is 9.90 Å². The Morgan fingerprint density at radius 3 is 2.33 bits per heavy atom.